The predicted octanol–water partition coefficient (Wildman–Crippen LogP) is 1.26. The number of thiol groups is 1. The summed E-state index contributed by atoms with van der Waals surface area (Å²) in [5.41, 5.74) is 1.40. The first kappa shape index (κ1) is 15.9. The lowest BCUT2D eigenvalue weighted by Gasteiger charge is -2.29. The third kappa shape index (κ3) is 3.98. The second-order valence-electron chi connectivity index (χ2n) is 5.13. The van der Waals surface area contributed by atoms with E-state index in [0.717, 1.165) is 10.5 Å². The zero-order valence-electron chi connectivity index (χ0n) is 12.3. The van der Waals surface area contributed by atoms with E-state index < -0.39 is 6.04 Å². The van der Waals surface area contributed by atoms with Crippen LogP contribution in [-0.2, 0) is 9.53 Å². The molecule has 0 radical (unpaired) electrons. The topological polar surface area (TPSA) is 58.6 Å². The van der Waals surface area contributed by atoms with Crippen LogP contribution in [0, 0.1) is 6.92 Å². The minimum atomic E-state index is -0.557. The maximum atomic E-state index is 12.3. The lowest BCUT2D eigenvalue weighted by Crippen LogP contribution is -2.50. The summed E-state index contributed by atoms with van der Waals surface area (Å²) in [6.45, 7) is 5.81. The minimum absolute atomic E-state index is 0.0775. The van der Waals surface area contributed by atoms with Crippen molar-refractivity contribution in [1.82, 2.24) is 10.2 Å². The molecule has 1 saturated heterocycles. The van der Waals surface area contributed by atoms with Gasteiger partial charge in [0.2, 0.25) is 5.91 Å². The number of hydrogen-bond donors (Lipinski definition) is 2. The molecule has 1 heterocycles. The van der Waals surface area contributed by atoms with E-state index in [1.54, 1.807) is 17.9 Å². The maximum Gasteiger partial charge on any atom is 0.252 e. The largest absolute Gasteiger partial charge is 0.378 e. The number of benzene rings is 1. The summed E-state index contributed by atoms with van der Waals surface area (Å²) in [6.07, 6.45) is 0. The SMILES string of the molecule is Cc1ccc(S)cc1C(=O)NC(C)C(=O)N1CCOCC1. The van der Waals surface area contributed by atoms with Crippen LogP contribution in [0.25, 0.3) is 0 Å². The van der Waals surface area contributed by atoms with Gasteiger partial charge in [-0.2, -0.15) is 0 Å². The molecule has 1 aromatic rings. The van der Waals surface area contributed by atoms with Gasteiger partial charge in [0, 0.05) is 23.5 Å². The van der Waals surface area contributed by atoms with E-state index in [2.05, 4.69) is 17.9 Å². The number of rotatable bonds is 3. The minimum Gasteiger partial charge on any atom is -0.378 e. The molecule has 2 rings (SSSR count). The first-order chi connectivity index (χ1) is 9.99. The zero-order chi connectivity index (χ0) is 15.4. The number of ether oxygens (including phenoxy) is 1. The quantitative estimate of drug-likeness (QED) is 0.827. The molecule has 0 aromatic heterocycles. The van der Waals surface area contributed by atoms with Gasteiger partial charge in [0.05, 0.1) is 13.2 Å². The molecule has 1 aliphatic rings. The van der Waals surface area contributed by atoms with E-state index in [1.165, 1.54) is 0 Å². The number of amides is 2. The first-order valence-electron chi connectivity index (χ1n) is 6.96. The van der Waals surface area contributed by atoms with Crippen LogP contribution in [0.3, 0.4) is 0 Å². The average molecular weight is 308 g/mol. The third-order valence-electron chi connectivity index (χ3n) is 3.51. The number of nitrogens with zero attached hydrogens (tertiary/aromatic N) is 1. The van der Waals surface area contributed by atoms with Crippen molar-refractivity contribution in [2.24, 2.45) is 0 Å². The van der Waals surface area contributed by atoms with Crippen LogP contribution in [0.1, 0.15) is 22.8 Å². The first-order valence-corrected chi connectivity index (χ1v) is 7.41. The molecule has 1 aromatic carbocycles. The second-order valence-corrected chi connectivity index (χ2v) is 5.65. The molecule has 1 atom stereocenters. The van der Waals surface area contributed by atoms with Gasteiger partial charge in [0.1, 0.15) is 6.04 Å². The van der Waals surface area contributed by atoms with Crippen molar-refractivity contribution in [3.63, 3.8) is 0 Å². The molecule has 1 unspecified atom stereocenters. The summed E-state index contributed by atoms with van der Waals surface area (Å²) in [5, 5.41) is 2.76. The monoisotopic (exact) mass is 308 g/mol. The molecule has 1 N–H and O–H groups in total. The van der Waals surface area contributed by atoms with Gasteiger partial charge in [-0.1, -0.05) is 6.07 Å². The average Bonchev–Trinajstić information content (AvgIpc) is 2.49. The second kappa shape index (κ2) is 6.95. The van der Waals surface area contributed by atoms with Crippen LogP contribution >= 0.6 is 12.6 Å². The van der Waals surface area contributed by atoms with E-state index in [4.69, 9.17) is 4.74 Å². The Labute approximate surface area is 130 Å². The number of aryl methyl sites for hydroxylation is 1. The maximum absolute atomic E-state index is 12.3. The number of carbonyl (C=O) groups excluding carboxylic acids is 2. The predicted molar refractivity (Wildman–Crippen MR) is 82.8 cm³/mol. The van der Waals surface area contributed by atoms with Gasteiger partial charge in [0.25, 0.3) is 5.91 Å². The number of morpholine rings is 1. The van der Waals surface area contributed by atoms with Crippen LogP contribution in [0.5, 0.6) is 0 Å². The Balaban J connectivity index is 2.01. The molecular formula is C15H20N2O3S. The fourth-order valence-electron chi connectivity index (χ4n) is 2.25. The van der Waals surface area contributed by atoms with Crippen LogP contribution in [0.4, 0.5) is 0 Å². The van der Waals surface area contributed by atoms with E-state index in [0.29, 0.717) is 31.9 Å². The van der Waals surface area contributed by atoms with Crippen molar-refractivity contribution in [3.8, 4) is 0 Å². The van der Waals surface area contributed by atoms with E-state index in [9.17, 15) is 9.59 Å². The Hall–Kier alpha value is -1.53. The molecule has 0 spiro atoms. The molecule has 21 heavy (non-hydrogen) atoms. The van der Waals surface area contributed by atoms with Gasteiger partial charge in [-0.05, 0) is 31.5 Å². The Bertz CT molecular complexity index is 542. The molecule has 6 heteroatoms. The summed E-state index contributed by atoms with van der Waals surface area (Å²) >= 11 is 4.24. The molecule has 0 bridgehead atoms. The van der Waals surface area contributed by atoms with E-state index >= 15 is 0 Å². The number of nitrogens with one attached hydrogen (secondary N) is 1. The Morgan fingerprint density at radius 1 is 1.33 bits per heavy atom. The molecule has 0 saturated carbocycles. The van der Waals surface area contributed by atoms with Gasteiger partial charge in [-0.25, -0.2) is 0 Å². The summed E-state index contributed by atoms with van der Waals surface area (Å²) in [6, 6.07) is 4.82. The molecule has 5 nitrogen and oxygen atoms in total. The summed E-state index contributed by atoms with van der Waals surface area (Å²) in [7, 11) is 0. The van der Waals surface area contributed by atoms with Gasteiger partial charge in [0.15, 0.2) is 0 Å². The summed E-state index contributed by atoms with van der Waals surface area (Å²) < 4.78 is 5.22. The fraction of sp³-hybridized carbons (Fsp3) is 0.467. The summed E-state index contributed by atoms with van der Waals surface area (Å²) in [5.74, 6) is -0.330. The number of hydrogen-bond acceptors (Lipinski definition) is 4. The van der Waals surface area contributed by atoms with Gasteiger partial charge in [-0.15, -0.1) is 12.6 Å². The van der Waals surface area contributed by atoms with E-state index in [1.807, 2.05) is 19.1 Å². The molecule has 2 amide bonds. The highest BCUT2D eigenvalue weighted by Gasteiger charge is 2.24. The zero-order valence-corrected chi connectivity index (χ0v) is 13.2. The summed E-state index contributed by atoms with van der Waals surface area (Å²) in [4.78, 5) is 27.0. The van der Waals surface area contributed by atoms with Crippen LogP contribution in [0.2, 0.25) is 0 Å². The Morgan fingerprint density at radius 2 is 2.00 bits per heavy atom. The van der Waals surface area contributed by atoms with Crippen molar-refractivity contribution >= 4 is 24.4 Å². The Kier molecular flexibility index (Phi) is 5.25. The van der Waals surface area contributed by atoms with Crippen molar-refractivity contribution in [2.45, 2.75) is 24.8 Å². The van der Waals surface area contributed by atoms with Crippen molar-refractivity contribution in [1.29, 1.82) is 0 Å². The highest BCUT2D eigenvalue weighted by Crippen LogP contribution is 2.14. The van der Waals surface area contributed by atoms with Crippen LogP contribution < -0.4 is 5.32 Å². The van der Waals surface area contributed by atoms with Gasteiger partial charge in [-0.3, -0.25) is 9.59 Å². The highest BCUT2D eigenvalue weighted by atomic mass is 32.1. The Morgan fingerprint density at radius 3 is 2.67 bits per heavy atom. The lowest BCUT2D eigenvalue weighted by atomic mass is 10.1. The van der Waals surface area contributed by atoms with Gasteiger partial charge >= 0.3 is 0 Å². The molecule has 1 aliphatic heterocycles. The van der Waals surface area contributed by atoms with Crippen LogP contribution in [0.15, 0.2) is 23.1 Å². The lowest BCUT2D eigenvalue weighted by molar-refractivity contribution is -0.136. The fourth-order valence-corrected chi connectivity index (χ4v) is 2.45. The standard InChI is InChI=1S/C15H20N2O3S/c1-10-3-4-12(21)9-13(10)14(18)16-11(2)15(19)17-5-7-20-8-6-17/h3-4,9,11,21H,5-8H2,1-2H3,(H,16,18). The number of carbonyl (C=O) groups is 2. The van der Waals surface area contributed by atoms with Crippen molar-refractivity contribution in [3.05, 3.63) is 29.3 Å². The van der Waals surface area contributed by atoms with Crippen molar-refractivity contribution in [2.75, 3.05) is 26.3 Å². The van der Waals surface area contributed by atoms with Crippen LogP contribution in [-0.4, -0.2) is 49.1 Å². The smallest absolute Gasteiger partial charge is 0.252 e. The molecule has 114 valence electrons. The normalized spacial score (nSPS) is 16.4. The molecular weight excluding hydrogens is 288 g/mol. The highest BCUT2D eigenvalue weighted by molar-refractivity contribution is 7.80. The van der Waals surface area contributed by atoms with E-state index in [-0.39, 0.29) is 11.8 Å². The molecule has 0 aliphatic carbocycles. The van der Waals surface area contributed by atoms with Crippen molar-refractivity contribution < 1.29 is 14.3 Å². The molecule has 1 fully saturated rings. The van der Waals surface area contributed by atoms with Gasteiger partial charge < -0.3 is 15.0 Å². The third-order valence-corrected chi connectivity index (χ3v) is 3.78.